The molecule has 1 amide bonds. The predicted octanol–water partition coefficient (Wildman–Crippen LogP) is 0.575. The molecular weight excluding hydrogens is 228 g/mol. The summed E-state index contributed by atoms with van der Waals surface area (Å²) < 4.78 is 10.6. The molecule has 2 rings (SSSR count). The summed E-state index contributed by atoms with van der Waals surface area (Å²) in [6.07, 6.45) is 0.200. The molecule has 0 bridgehead atoms. The minimum atomic E-state index is -0.258. The quantitative estimate of drug-likeness (QED) is 0.460. The van der Waals surface area contributed by atoms with E-state index in [0.29, 0.717) is 24.7 Å². The number of ether oxygens (including phenoxy) is 2. The zero-order chi connectivity index (χ0) is 11.5. The van der Waals surface area contributed by atoms with Gasteiger partial charge in [0.2, 0.25) is 0 Å². The lowest BCUT2D eigenvalue weighted by Crippen LogP contribution is -2.35. The van der Waals surface area contributed by atoms with Gasteiger partial charge in [-0.25, -0.2) is 5.84 Å². The lowest BCUT2D eigenvalue weighted by atomic mass is 10.2. The third-order valence-electron chi connectivity index (χ3n) is 2.46. The summed E-state index contributed by atoms with van der Waals surface area (Å²) in [5, 5.41) is 0. The number of aryl methyl sites for hydroxylation is 1. The summed E-state index contributed by atoms with van der Waals surface area (Å²) in [6.45, 7) is 3.82. The lowest BCUT2D eigenvalue weighted by molar-refractivity contribution is -0.135. The molecule has 0 spiro atoms. The number of thiophene rings is 1. The lowest BCUT2D eigenvalue weighted by Gasteiger charge is -2.25. The van der Waals surface area contributed by atoms with E-state index in [2.05, 4.69) is 5.43 Å². The van der Waals surface area contributed by atoms with Crippen LogP contribution in [0.4, 0.5) is 0 Å². The molecule has 0 aliphatic carbocycles. The zero-order valence-corrected chi connectivity index (χ0v) is 9.80. The van der Waals surface area contributed by atoms with Crippen LogP contribution in [0.25, 0.3) is 0 Å². The van der Waals surface area contributed by atoms with Crippen LogP contribution in [0.15, 0.2) is 6.07 Å². The first kappa shape index (κ1) is 11.5. The van der Waals surface area contributed by atoms with Gasteiger partial charge in [-0.2, -0.15) is 0 Å². The van der Waals surface area contributed by atoms with E-state index in [9.17, 15) is 4.79 Å². The van der Waals surface area contributed by atoms with E-state index < -0.39 is 0 Å². The molecule has 2 heterocycles. The smallest absolute Gasteiger partial charge is 0.275 e. The fraction of sp³-hybridized carbons (Fsp3) is 0.500. The first-order valence-corrected chi connectivity index (χ1v) is 5.82. The summed E-state index contributed by atoms with van der Waals surface area (Å²) in [5.41, 5.74) is 3.16. The highest BCUT2D eigenvalue weighted by Gasteiger charge is 2.20. The second-order valence-corrected chi connectivity index (χ2v) is 4.89. The van der Waals surface area contributed by atoms with E-state index in [1.54, 1.807) is 0 Å². The van der Waals surface area contributed by atoms with Crippen LogP contribution < -0.4 is 11.3 Å². The Morgan fingerprint density at radius 3 is 3.06 bits per heavy atom. The van der Waals surface area contributed by atoms with E-state index in [1.807, 2.05) is 13.0 Å². The minimum Gasteiger partial charge on any atom is -0.376 e. The van der Waals surface area contributed by atoms with Crippen molar-refractivity contribution in [2.24, 2.45) is 5.84 Å². The van der Waals surface area contributed by atoms with Crippen molar-refractivity contribution in [1.29, 1.82) is 0 Å². The van der Waals surface area contributed by atoms with Crippen LogP contribution in [-0.2, 0) is 16.1 Å². The van der Waals surface area contributed by atoms with Gasteiger partial charge in [0.1, 0.15) is 6.10 Å². The third kappa shape index (κ3) is 2.41. The van der Waals surface area contributed by atoms with Crippen molar-refractivity contribution >= 4 is 17.2 Å². The maximum atomic E-state index is 11.3. The Balaban J connectivity index is 1.97. The van der Waals surface area contributed by atoms with E-state index in [4.69, 9.17) is 15.3 Å². The largest absolute Gasteiger partial charge is 0.376 e. The fourth-order valence-electron chi connectivity index (χ4n) is 1.36. The molecule has 16 heavy (non-hydrogen) atoms. The van der Waals surface area contributed by atoms with Gasteiger partial charge in [-0.05, 0) is 18.6 Å². The van der Waals surface area contributed by atoms with Crippen molar-refractivity contribution in [3.8, 4) is 0 Å². The van der Waals surface area contributed by atoms with Gasteiger partial charge in [0.05, 0.1) is 24.7 Å². The molecule has 0 saturated carbocycles. The summed E-state index contributed by atoms with van der Waals surface area (Å²) >= 11 is 1.42. The molecule has 88 valence electrons. The topological polar surface area (TPSA) is 73.6 Å². The van der Waals surface area contributed by atoms with Crippen LogP contribution in [-0.4, -0.2) is 25.2 Å². The molecule has 1 aliphatic rings. The molecule has 1 aliphatic heterocycles. The second-order valence-electron chi connectivity index (χ2n) is 3.64. The molecule has 5 nitrogen and oxygen atoms in total. The van der Waals surface area contributed by atoms with Gasteiger partial charge in [0.25, 0.3) is 5.91 Å². The van der Waals surface area contributed by atoms with Crippen LogP contribution in [0.2, 0.25) is 0 Å². The Morgan fingerprint density at radius 1 is 1.75 bits per heavy atom. The van der Waals surface area contributed by atoms with E-state index in [0.717, 1.165) is 10.4 Å². The Morgan fingerprint density at radius 2 is 2.50 bits per heavy atom. The predicted molar refractivity (Wildman–Crippen MR) is 60.1 cm³/mol. The molecule has 0 aromatic carbocycles. The van der Waals surface area contributed by atoms with Crippen molar-refractivity contribution < 1.29 is 14.3 Å². The molecule has 1 fully saturated rings. The van der Waals surface area contributed by atoms with Crippen LogP contribution in [0.3, 0.4) is 0 Å². The van der Waals surface area contributed by atoms with E-state index in [1.165, 1.54) is 11.3 Å². The third-order valence-corrected chi connectivity index (χ3v) is 3.55. The van der Waals surface area contributed by atoms with Crippen LogP contribution >= 0.6 is 11.3 Å². The van der Waals surface area contributed by atoms with Crippen molar-refractivity contribution in [2.75, 3.05) is 13.2 Å². The first-order chi connectivity index (χ1) is 7.70. The minimum absolute atomic E-state index is 0.200. The summed E-state index contributed by atoms with van der Waals surface area (Å²) in [6, 6.07) is 1.82. The molecule has 1 aromatic heterocycles. The second kappa shape index (κ2) is 4.92. The van der Waals surface area contributed by atoms with E-state index in [-0.39, 0.29) is 12.0 Å². The molecule has 1 aromatic rings. The van der Waals surface area contributed by atoms with Crippen molar-refractivity contribution in [3.05, 3.63) is 21.4 Å². The van der Waals surface area contributed by atoms with Gasteiger partial charge >= 0.3 is 0 Å². The maximum Gasteiger partial charge on any atom is 0.275 e. The SMILES string of the molecule is Cc1sc(C(=O)NN)cc1COC1COC1. The number of carbonyl (C=O) groups is 1. The number of hydrogen-bond acceptors (Lipinski definition) is 5. The average Bonchev–Trinajstić information content (AvgIpc) is 2.57. The van der Waals surface area contributed by atoms with Crippen molar-refractivity contribution in [2.45, 2.75) is 19.6 Å². The Labute approximate surface area is 97.5 Å². The number of nitrogens with one attached hydrogen (secondary N) is 1. The summed E-state index contributed by atoms with van der Waals surface area (Å²) in [5.74, 6) is 4.82. The van der Waals surface area contributed by atoms with Gasteiger partial charge in [-0.1, -0.05) is 0 Å². The number of nitrogen functional groups attached to an aromatic ring is 1. The molecule has 3 N–H and O–H groups in total. The maximum absolute atomic E-state index is 11.3. The van der Waals surface area contributed by atoms with Gasteiger partial charge in [0, 0.05) is 4.88 Å². The molecule has 0 unspecified atom stereocenters. The van der Waals surface area contributed by atoms with Gasteiger partial charge in [0.15, 0.2) is 0 Å². The zero-order valence-electron chi connectivity index (χ0n) is 8.99. The molecule has 0 radical (unpaired) electrons. The van der Waals surface area contributed by atoms with Gasteiger partial charge in [-0.15, -0.1) is 11.3 Å². The Bertz CT molecular complexity index is 387. The normalized spacial score (nSPS) is 15.9. The number of hydrogen-bond donors (Lipinski definition) is 2. The molecule has 0 atom stereocenters. The molecule has 1 saturated heterocycles. The molecular formula is C10H14N2O3S. The Kier molecular flexibility index (Phi) is 3.55. The van der Waals surface area contributed by atoms with Gasteiger partial charge < -0.3 is 9.47 Å². The van der Waals surface area contributed by atoms with Gasteiger partial charge in [-0.3, -0.25) is 10.2 Å². The monoisotopic (exact) mass is 242 g/mol. The highest BCUT2D eigenvalue weighted by Crippen LogP contribution is 2.23. The standard InChI is InChI=1S/C10H14N2O3S/c1-6-7(3-15-8-4-14-5-8)2-9(16-6)10(13)12-11/h2,8H,3-5,11H2,1H3,(H,12,13). The average molecular weight is 242 g/mol. The summed E-state index contributed by atoms with van der Waals surface area (Å²) in [7, 11) is 0. The van der Waals surface area contributed by atoms with E-state index >= 15 is 0 Å². The van der Waals surface area contributed by atoms with Crippen LogP contribution in [0, 0.1) is 6.92 Å². The number of carbonyl (C=O) groups excluding carboxylic acids is 1. The van der Waals surface area contributed by atoms with Crippen LogP contribution in [0.1, 0.15) is 20.1 Å². The Hall–Kier alpha value is -0.950. The fourth-order valence-corrected chi connectivity index (χ4v) is 2.30. The number of rotatable bonds is 4. The highest BCUT2D eigenvalue weighted by atomic mass is 32.1. The number of hydrazine groups is 1. The summed E-state index contributed by atoms with van der Waals surface area (Å²) in [4.78, 5) is 13.0. The first-order valence-electron chi connectivity index (χ1n) is 5.00. The van der Waals surface area contributed by atoms with Crippen molar-refractivity contribution in [1.82, 2.24) is 5.43 Å². The van der Waals surface area contributed by atoms with Crippen molar-refractivity contribution in [3.63, 3.8) is 0 Å². The molecule has 6 heteroatoms. The highest BCUT2D eigenvalue weighted by molar-refractivity contribution is 7.14. The van der Waals surface area contributed by atoms with Crippen LogP contribution in [0.5, 0.6) is 0 Å². The number of nitrogens with two attached hydrogens (primary N) is 1. The number of amides is 1.